The topological polar surface area (TPSA) is 67.8 Å². The molecular weight excluding hydrogens is 282 g/mol. The van der Waals surface area contributed by atoms with Crippen molar-refractivity contribution in [1.29, 1.82) is 0 Å². The molecule has 0 heterocycles. The number of carbonyl (C=O) groups excluding carboxylic acids is 1. The maximum absolute atomic E-state index is 12.3. The van der Waals surface area contributed by atoms with Crippen LogP contribution >= 0.6 is 0 Å². The summed E-state index contributed by atoms with van der Waals surface area (Å²) in [5.41, 5.74) is 0.415. The second-order valence-electron chi connectivity index (χ2n) is 5.72. The van der Waals surface area contributed by atoms with Crippen molar-refractivity contribution in [2.45, 2.75) is 38.2 Å². The van der Waals surface area contributed by atoms with Crippen molar-refractivity contribution in [3.8, 4) is 11.5 Å². The van der Waals surface area contributed by atoms with Crippen LogP contribution in [0, 0.1) is 5.92 Å². The molecule has 0 bridgehead atoms. The molecule has 0 saturated heterocycles. The number of methoxy groups -OCH3 is 2. The van der Waals surface area contributed by atoms with Crippen LogP contribution in [0.15, 0.2) is 18.2 Å². The van der Waals surface area contributed by atoms with Crippen LogP contribution in [-0.4, -0.2) is 37.9 Å². The van der Waals surface area contributed by atoms with Gasteiger partial charge in [-0.1, -0.05) is 25.3 Å². The Bertz CT molecular complexity index is 497. The van der Waals surface area contributed by atoms with Crippen LogP contribution < -0.4 is 14.8 Å². The lowest BCUT2D eigenvalue weighted by Crippen LogP contribution is -2.37. The van der Waals surface area contributed by atoms with Gasteiger partial charge in [0.1, 0.15) is 0 Å². The molecule has 22 heavy (non-hydrogen) atoms. The van der Waals surface area contributed by atoms with Gasteiger partial charge in [0.15, 0.2) is 11.5 Å². The van der Waals surface area contributed by atoms with Crippen LogP contribution in [0.1, 0.15) is 42.5 Å². The first-order valence-corrected chi connectivity index (χ1v) is 7.84. The second kappa shape index (κ2) is 8.03. The normalized spacial score (nSPS) is 16.9. The van der Waals surface area contributed by atoms with Crippen LogP contribution in [0.2, 0.25) is 0 Å². The predicted molar refractivity (Wildman–Crippen MR) is 84.5 cm³/mol. The van der Waals surface area contributed by atoms with Gasteiger partial charge in [-0.05, 0) is 30.9 Å². The minimum atomic E-state index is -0.485. The summed E-state index contributed by atoms with van der Waals surface area (Å²) < 4.78 is 10.5. The van der Waals surface area contributed by atoms with Gasteiger partial charge in [0.2, 0.25) is 0 Å². The molecule has 1 aromatic rings. The molecule has 1 unspecified atom stereocenters. The number of rotatable bonds is 6. The Balaban J connectivity index is 1.97. The van der Waals surface area contributed by atoms with Gasteiger partial charge in [-0.25, -0.2) is 0 Å². The number of benzene rings is 1. The largest absolute Gasteiger partial charge is 0.493 e. The summed E-state index contributed by atoms with van der Waals surface area (Å²) in [7, 11) is 3.04. The first-order chi connectivity index (χ1) is 10.7. The zero-order valence-corrected chi connectivity index (χ0v) is 13.3. The summed E-state index contributed by atoms with van der Waals surface area (Å²) >= 11 is 0. The number of nitrogens with one attached hydrogen (secondary N) is 1. The maximum Gasteiger partial charge on any atom is 0.255 e. The van der Waals surface area contributed by atoms with E-state index in [-0.39, 0.29) is 12.5 Å². The fraction of sp³-hybridized carbons (Fsp3) is 0.588. The van der Waals surface area contributed by atoms with E-state index >= 15 is 0 Å². The number of amides is 1. The third kappa shape index (κ3) is 3.91. The molecule has 0 spiro atoms. The zero-order chi connectivity index (χ0) is 15.9. The van der Waals surface area contributed by atoms with E-state index in [2.05, 4.69) is 5.32 Å². The van der Waals surface area contributed by atoms with Crippen molar-refractivity contribution in [2.75, 3.05) is 20.8 Å². The first-order valence-electron chi connectivity index (χ1n) is 7.84. The maximum atomic E-state index is 12.3. The molecule has 5 nitrogen and oxygen atoms in total. The molecule has 1 saturated carbocycles. The molecule has 1 aliphatic carbocycles. The molecule has 2 rings (SSSR count). The molecular formula is C17H25NO4. The van der Waals surface area contributed by atoms with Crippen LogP contribution in [0.4, 0.5) is 0 Å². The summed E-state index contributed by atoms with van der Waals surface area (Å²) in [5, 5.41) is 13.0. The molecule has 1 fully saturated rings. The lowest BCUT2D eigenvalue weighted by molar-refractivity contribution is 0.0736. The van der Waals surface area contributed by atoms with Gasteiger partial charge in [0, 0.05) is 6.54 Å². The summed E-state index contributed by atoms with van der Waals surface area (Å²) in [6.07, 6.45) is 5.18. The van der Waals surface area contributed by atoms with Crippen LogP contribution in [0.3, 0.4) is 0 Å². The van der Waals surface area contributed by atoms with Gasteiger partial charge in [0.05, 0.1) is 25.9 Å². The molecule has 0 aliphatic heterocycles. The molecule has 122 valence electrons. The van der Waals surface area contributed by atoms with Gasteiger partial charge in [-0.15, -0.1) is 0 Å². The number of aliphatic hydroxyl groups is 1. The highest BCUT2D eigenvalue weighted by atomic mass is 16.5. The molecule has 1 aromatic carbocycles. The zero-order valence-electron chi connectivity index (χ0n) is 13.3. The van der Waals surface area contributed by atoms with Gasteiger partial charge in [0.25, 0.3) is 5.91 Å². The van der Waals surface area contributed by atoms with E-state index in [1.54, 1.807) is 18.2 Å². The smallest absolute Gasteiger partial charge is 0.255 e. The number of ether oxygens (including phenoxy) is 2. The number of hydrogen-bond donors (Lipinski definition) is 2. The fourth-order valence-corrected chi connectivity index (χ4v) is 3.04. The highest BCUT2D eigenvalue weighted by molar-refractivity contribution is 5.97. The summed E-state index contributed by atoms with van der Waals surface area (Å²) in [4.78, 5) is 12.3. The Labute approximate surface area is 131 Å². The van der Waals surface area contributed by atoms with Crippen molar-refractivity contribution in [1.82, 2.24) is 5.32 Å². The monoisotopic (exact) mass is 307 g/mol. The summed E-state index contributed by atoms with van der Waals surface area (Å²) in [6, 6.07) is 5.17. The van der Waals surface area contributed by atoms with E-state index in [0.29, 0.717) is 23.0 Å². The molecule has 0 aromatic heterocycles. The van der Waals surface area contributed by atoms with Crippen molar-refractivity contribution in [2.24, 2.45) is 5.92 Å². The Morgan fingerprint density at radius 2 is 2.00 bits per heavy atom. The quantitative estimate of drug-likeness (QED) is 0.846. The van der Waals surface area contributed by atoms with Gasteiger partial charge >= 0.3 is 0 Å². The second-order valence-corrected chi connectivity index (χ2v) is 5.72. The Hall–Kier alpha value is -1.75. The van der Waals surface area contributed by atoms with Gasteiger partial charge in [-0.3, -0.25) is 4.79 Å². The van der Waals surface area contributed by atoms with Gasteiger partial charge < -0.3 is 19.9 Å². The molecule has 2 N–H and O–H groups in total. The van der Waals surface area contributed by atoms with Crippen molar-refractivity contribution in [3.63, 3.8) is 0 Å². The van der Waals surface area contributed by atoms with E-state index in [0.717, 1.165) is 12.8 Å². The Kier molecular flexibility index (Phi) is 6.07. The molecule has 1 aliphatic rings. The van der Waals surface area contributed by atoms with Crippen LogP contribution in [0.5, 0.6) is 11.5 Å². The third-order valence-electron chi connectivity index (χ3n) is 4.31. The fourth-order valence-electron chi connectivity index (χ4n) is 3.04. The number of para-hydroxylation sites is 1. The lowest BCUT2D eigenvalue weighted by atomic mass is 9.85. The average molecular weight is 307 g/mol. The molecule has 1 atom stereocenters. The van der Waals surface area contributed by atoms with E-state index in [4.69, 9.17) is 9.47 Å². The van der Waals surface area contributed by atoms with Crippen molar-refractivity contribution >= 4 is 5.91 Å². The standard InChI is InChI=1S/C17H25NO4/c1-21-15-10-6-9-13(16(15)22-2)17(20)18-11-14(19)12-7-4-3-5-8-12/h6,9-10,12,14,19H,3-5,7-8,11H2,1-2H3,(H,18,20). The number of aliphatic hydroxyl groups excluding tert-OH is 1. The minimum absolute atomic E-state index is 0.259. The predicted octanol–water partition coefficient (Wildman–Crippen LogP) is 2.37. The van der Waals surface area contributed by atoms with Crippen molar-refractivity contribution in [3.05, 3.63) is 23.8 Å². The van der Waals surface area contributed by atoms with E-state index < -0.39 is 6.10 Å². The van der Waals surface area contributed by atoms with E-state index in [1.807, 2.05) is 0 Å². The third-order valence-corrected chi connectivity index (χ3v) is 4.31. The summed E-state index contributed by atoms with van der Waals surface area (Å²) in [6.45, 7) is 0.268. The number of hydrogen-bond acceptors (Lipinski definition) is 4. The van der Waals surface area contributed by atoms with Gasteiger partial charge in [-0.2, -0.15) is 0 Å². The minimum Gasteiger partial charge on any atom is -0.493 e. The first kappa shape index (κ1) is 16.6. The van der Waals surface area contributed by atoms with E-state index in [1.165, 1.54) is 33.5 Å². The highest BCUT2D eigenvalue weighted by Gasteiger charge is 2.23. The average Bonchev–Trinajstić information content (AvgIpc) is 2.59. The highest BCUT2D eigenvalue weighted by Crippen LogP contribution is 2.30. The number of carbonyl (C=O) groups is 1. The summed E-state index contributed by atoms with van der Waals surface area (Å²) in [5.74, 6) is 0.962. The SMILES string of the molecule is COc1cccc(C(=O)NCC(O)C2CCCCC2)c1OC. The van der Waals surface area contributed by atoms with Crippen LogP contribution in [-0.2, 0) is 0 Å². The Morgan fingerprint density at radius 3 is 2.64 bits per heavy atom. The van der Waals surface area contributed by atoms with Crippen molar-refractivity contribution < 1.29 is 19.4 Å². The molecule has 5 heteroatoms. The van der Waals surface area contributed by atoms with Crippen LogP contribution in [0.25, 0.3) is 0 Å². The Morgan fingerprint density at radius 1 is 1.27 bits per heavy atom. The lowest BCUT2D eigenvalue weighted by Gasteiger charge is -2.26. The molecule has 0 radical (unpaired) electrons. The van der Waals surface area contributed by atoms with E-state index in [9.17, 15) is 9.90 Å². The molecule has 1 amide bonds.